The van der Waals surface area contributed by atoms with Crippen LogP contribution < -0.4 is 4.72 Å². The minimum Gasteiger partial charge on any atom is -0.265 e. The number of aromatic nitrogens is 2. The Morgan fingerprint density at radius 1 is 1.42 bits per heavy atom. The minimum atomic E-state index is -3.61. The van der Waals surface area contributed by atoms with Gasteiger partial charge in [0.1, 0.15) is 0 Å². The van der Waals surface area contributed by atoms with Crippen molar-refractivity contribution in [3.8, 4) is 0 Å². The van der Waals surface area contributed by atoms with Gasteiger partial charge in [-0.3, -0.25) is 4.79 Å². The predicted octanol–water partition coefficient (Wildman–Crippen LogP) is 1.24. The van der Waals surface area contributed by atoms with Gasteiger partial charge in [-0.15, -0.1) is 0 Å². The molecule has 7 heteroatoms. The van der Waals surface area contributed by atoms with Gasteiger partial charge < -0.3 is 0 Å². The van der Waals surface area contributed by atoms with E-state index in [0.29, 0.717) is 0 Å². The molecule has 0 aliphatic carbocycles. The maximum atomic E-state index is 11.7. The zero-order valence-corrected chi connectivity index (χ0v) is 12.4. The molecule has 1 N–H and O–H groups in total. The molecular formula is C12H19N3O3S. The van der Waals surface area contributed by atoms with E-state index in [4.69, 9.17) is 0 Å². The van der Waals surface area contributed by atoms with Crippen LogP contribution in [-0.4, -0.2) is 30.5 Å². The number of hydrogen-bond acceptors (Lipinski definition) is 5. The second kappa shape index (κ2) is 5.64. The van der Waals surface area contributed by atoms with Crippen molar-refractivity contribution in [1.82, 2.24) is 14.7 Å². The van der Waals surface area contributed by atoms with Gasteiger partial charge in [0.25, 0.3) is 0 Å². The van der Waals surface area contributed by atoms with Gasteiger partial charge in [-0.05, 0) is 12.5 Å². The highest BCUT2D eigenvalue weighted by atomic mass is 32.2. The standard InChI is InChI=1S/C12H19N3O3S/c1-5-7-12(2,3)9-6-8-13-10(14-9)11(16)15-19(4,17)18/h6,8H,5,7H2,1-4H3,(H,15,16). The summed E-state index contributed by atoms with van der Waals surface area (Å²) in [5, 5.41) is 0. The van der Waals surface area contributed by atoms with Gasteiger partial charge in [-0.2, -0.15) is 0 Å². The fourth-order valence-electron chi connectivity index (χ4n) is 1.81. The molecule has 0 fully saturated rings. The van der Waals surface area contributed by atoms with Gasteiger partial charge in [0.2, 0.25) is 15.8 Å². The highest BCUT2D eigenvalue weighted by Crippen LogP contribution is 2.26. The van der Waals surface area contributed by atoms with Crippen molar-refractivity contribution >= 4 is 15.9 Å². The molecule has 19 heavy (non-hydrogen) atoms. The van der Waals surface area contributed by atoms with Gasteiger partial charge in [0.15, 0.2) is 0 Å². The molecule has 0 aliphatic heterocycles. The van der Waals surface area contributed by atoms with Crippen LogP contribution in [0.5, 0.6) is 0 Å². The fourth-order valence-corrected chi connectivity index (χ4v) is 2.24. The van der Waals surface area contributed by atoms with E-state index < -0.39 is 15.9 Å². The first-order valence-corrected chi connectivity index (χ1v) is 7.90. The van der Waals surface area contributed by atoms with Crippen LogP contribution in [0.3, 0.4) is 0 Å². The molecule has 1 rings (SSSR count). The Balaban J connectivity index is 3.04. The van der Waals surface area contributed by atoms with Crippen LogP contribution in [0.25, 0.3) is 0 Å². The topological polar surface area (TPSA) is 89.0 Å². The van der Waals surface area contributed by atoms with E-state index in [1.54, 1.807) is 6.07 Å². The molecule has 0 bridgehead atoms. The third kappa shape index (κ3) is 4.59. The fraction of sp³-hybridized carbons (Fsp3) is 0.583. The van der Waals surface area contributed by atoms with Crippen LogP contribution in [0, 0.1) is 0 Å². The molecule has 0 aliphatic rings. The van der Waals surface area contributed by atoms with Gasteiger partial charge in [0.05, 0.1) is 11.9 Å². The van der Waals surface area contributed by atoms with E-state index in [1.807, 2.05) is 18.6 Å². The zero-order chi connectivity index (χ0) is 14.7. The van der Waals surface area contributed by atoms with Crippen molar-refractivity contribution in [2.24, 2.45) is 0 Å². The summed E-state index contributed by atoms with van der Waals surface area (Å²) in [4.78, 5) is 19.7. The Hall–Kier alpha value is -1.50. The first-order valence-electron chi connectivity index (χ1n) is 6.01. The van der Waals surface area contributed by atoms with Crippen LogP contribution >= 0.6 is 0 Å². The summed E-state index contributed by atoms with van der Waals surface area (Å²) in [6.45, 7) is 6.12. The van der Waals surface area contributed by atoms with Gasteiger partial charge in [-0.25, -0.2) is 23.1 Å². The molecule has 0 saturated carbocycles. The SMILES string of the molecule is CCCC(C)(C)c1ccnc(C(=O)NS(C)(=O)=O)n1. The number of nitrogens with one attached hydrogen (secondary N) is 1. The average Bonchev–Trinajstić information content (AvgIpc) is 2.27. The average molecular weight is 285 g/mol. The molecule has 0 atom stereocenters. The lowest BCUT2D eigenvalue weighted by Gasteiger charge is -2.23. The van der Waals surface area contributed by atoms with Crippen LogP contribution in [0.1, 0.15) is 49.9 Å². The number of carbonyl (C=O) groups is 1. The summed E-state index contributed by atoms with van der Waals surface area (Å²) in [6, 6.07) is 1.74. The van der Waals surface area contributed by atoms with Crippen molar-refractivity contribution in [1.29, 1.82) is 0 Å². The molecule has 6 nitrogen and oxygen atoms in total. The normalized spacial score (nSPS) is 12.2. The van der Waals surface area contributed by atoms with Crippen molar-refractivity contribution in [3.63, 3.8) is 0 Å². The van der Waals surface area contributed by atoms with E-state index in [-0.39, 0.29) is 11.2 Å². The number of nitrogens with zero attached hydrogens (tertiary/aromatic N) is 2. The molecule has 1 heterocycles. The van der Waals surface area contributed by atoms with Crippen molar-refractivity contribution in [3.05, 3.63) is 23.8 Å². The van der Waals surface area contributed by atoms with Crippen molar-refractivity contribution in [2.75, 3.05) is 6.26 Å². The van der Waals surface area contributed by atoms with E-state index in [2.05, 4.69) is 16.9 Å². The predicted molar refractivity (Wildman–Crippen MR) is 72.3 cm³/mol. The lowest BCUT2D eigenvalue weighted by Crippen LogP contribution is -2.31. The minimum absolute atomic E-state index is 0.132. The highest BCUT2D eigenvalue weighted by molar-refractivity contribution is 7.89. The van der Waals surface area contributed by atoms with E-state index in [1.165, 1.54) is 6.20 Å². The summed E-state index contributed by atoms with van der Waals surface area (Å²) < 4.78 is 23.9. The van der Waals surface area contributed by atoms with Crippen molar-refractivity contribution in [2.45, 2.75) is 39.0 Å². The van der Waals surface area contributed by atoms with Crippen LogP contribution in [0.15, 0.2) is 12.3 Å². The molecule has 1 aromatic rings. The zero-order valence-electron chi connectivity index (χ0n) is 11.6. The second-order valence-corrected chi connectivity index (χ2v) is 6.85. The van der Waals surface area contributed by atoms with Crippen LogP contribution in [0.4, 0.5) is 0 Å². The van der Waals surface area contributed by atoms with Gasteiger partial charge in [0, 0.05) is 11.6 Å². The lowest BCUT2D eigenvalue weighted by atomic mass is 9.84. The third-order valence-electron chi connectivity index (χ3n) is 2.71. The summed E-state index contributed by atoms with van der Waals surface area (Å²) >= 11 is 0. The van der Waals surface area contributed by atoms with Crippen molar-refractivity contribution < 1.29 is 13.2 Å². The summed E-state index contributed by atoms with van der Waals surface area (Å²) in [6.07, 6.45) is 4.28. The molecule has 0 radical (unpaired) electrons. The molecule has 0 saturated heterocycles. The Morgan fingerprint density at radius 3 is 2.58 bits per heavy atom. The van der Waals surface area contributed by atoms with Crippen LogP contribution in [0.2, 0.25) is 0 Å². The van der Waals surface area contributed by atoms with Gasteiger partial charge in [-0.1, -0.05) is 27.2 Å². The summed E-state index contributed by atoms with van der Waals surface area (Å²) in [5.41, 5.74) is 0.542. The largest absolute Gasteiger partial charge is 0.302 e. The summed E-state index contributed by atoms with van der Waals surface area (Å²) in [5.74, 6) is -0.941. The third-order valence-corrected chi connectivity index (χ3v) is 3.26. The van der Waals surface area contributed by atoms with Gasteiger partial charge >= 0.3 is 5.91 Å². The molecule has 1 amide bonds. The molecule has 0 aromatic carbocycles. The van der Waals surface area contributed by atoms with E-state index >= 15 is 0 Å². The Labute approximate surface area is 113 Å². The maximum absolute atomic E-state index is 11.7. The first-order chi connectivity index (χ1) is 8.65. The maximum Gasteiger partial charge on any atom is 0.302 e. The van der Waals surface area contributed by atoms with E-state index in [0.717, 1.165) is 24.8 Å². The lowest BCUT2D eigenvalue weighted by molar-refractivity contribution is 0.0971. The first kappa shape index (κ1) is 15.6. The number of rotatable bonds is 5. The highest BCUT2D eigenvalue weighted by Gasteiger charge is 2.23. The smallest absolute Gasteiger partial charge is 0.265 e. The molecule has 0 unspecified atom stereocenters. The quantitative estimate of drug-likeness (QED) is 0.879. The number of carbonyl (C=O) groups excluding carboxylic acids is 1. The number of sulfonamides is 1. The molecular weight excluding hydrogens is 266 g/mol. The molecule has 1 aromatic heterocycles. The van der Waals surface area contributed by atoms with Crippen LogP contribution in [-0.2, 0) is 15.4 Å². The summed E-state index contributed by atoms with van der Waals surface area (Å²) in [7, 11) is -3.61. The second-order valence-electron chi connectivity index (χ2n) is 5.10. The Kier molecular flexibility index (Phi) is 4.62. The number of amides is 1. The monoisotopic (exact) mass is 285 g/mol. The van der Waals surface area contributed by atoms with E-state index in [9.17, 15) is 13.2 Å². The molecule has 106 valence electrons. The molecule has 0 spiro atoms. The Morgan fingerprint density at radius 2 is 2.05 bits per heavy atom. The number of hydrogen-bond donors (Lipinski definition) is 1. The Bertz CT molecular complexity index is 567.